The SMILES string of the molecule is CC(C)CCN(C)C(=O)c1coc(COc2cccc(F)c2F)n1. The molecule has 0 aliphatic carbocycles. The van der Waals surface area contributed by atoms with E-state index in [0.29, 0.717) is 12.5 Å². The Morgan fingerprint density at radius 2 is 2.12 bits per heavy atom. The molecule has 24 heavy (non-hydrogen) atoms. The molecule has 0 N–H and O–H groups in total. The molecule has 0 saturated carbocycles. The smallest absolute Gasteiger partial charge is 0.275 e. The Morgan fingerprint density at radius 3 is 2.83 bits per heavy atom. The lowest BCUT2D eigenvalue weighted by atomic mass is 10.1. The van der Waals surface area contributed by atoms with Crippen molar-refractivity contribution in [2.75, 3.05) is 13.6 Å². The summed E-state index contributed by atoms with van der Waals surface area (Å²) in [7, 11) is 1.69. The lowest BCUT2D eigenvalue weighted by Crippen LogP contribution is -2.28. The summed E-state index contributed by atoms with van der Waals surface area (Å²) < 4.78 is 36.9. The van der Waals surface area contributed by atoms with Crippen molar-refractivity contribution in [1.29, 1.82) is 0 Å². The molecule has 1 aromatic heterocycles. The third-order valence-corrected chi connectivity index (χ3v) is 3.43. The van der Waals surface area contributed by atoms with Crippen LogP contribution in [0.25, 0.3) is 0 Å². The lowest BCUT2D eigenvalue weighted by molar-refractivity contribution is 0.0783. The maximum absolute atomic E-state index is 13.5. The molecule has 0 bridgehead atoms. The molecule has 5 nitrogen and oxygen atoms in total. The molecule has 0 saturated heterocycles. The molecule has 0 radical (unpaired) electrons. The fourth-order valence-corrected chi connectivity index (χ4v) is 1.96. The van der Waals surface area contributed by atoms with Crippen LogP contribution >= 0.6 is 0 Å². The highest BCUT2D eigenvalue weighted by Gasteiger charge is 2.17. The number of ether oxygens (including phenoxy) is 1. The molecule has 0 unspecified atom stereocenters. The van der Waals surface area contributed by atoms with Gasteiger partial charge in [0, 0.05) is 13.6 Å². The van der Waals surface area contributed by atoms with Crippen LogP contribution < -0.4 is 4.74 Å². The van der Waals surface area contributed by atoms with Gasteiger partial charge in [0.25, 0.3) is 5.91 Å². The van der Waals surface area contributed by atoms with Crippen LogP contribution in [0.15, 0.2) is 28.9 Å². The zero-order chi connectivity index (χ0) is 17.7. The third-order valence-electron chi connectivity index (χ3n) is 3.43. The second-order valence-corrected chi connectivity index (χ2v) is 5.88. The Morgan fingerprint density at radius 1 is 1.38 bits per heavy atom. The van der Waals surface area contributed by atoms with E-state index in [0.717, 1.165) is 12.5 Å². The standard InChI is InChI=1S/C17H20F2N2O3/c1-11(2)7-8-21(3)17(22)13-9-24-15(20-13)10-23-14-6-4-5-12(18)16(14)19/h4-6,9,11H,7-8,10H2,1-3H3. The van der Waals surface area contributed by atoms with Gasteiger partial charge in [-0.3, -0.25) is 4.79 Å². The van der Waals surface area contributed by atoms with E-state index in [1.807, 2.05) is 0 Å². The van der Waals surface area contributed by atoms with E-state index in [4.69, 9.17) is 9.15 Å². The van der Waals surface area contributed by atoms with Crippen LogP contribution in [0.3, 0.4) is 0 Å². The molecule has 0 fully saturated rings. The molecule has 1 aromatic carbocycles. The van der Waals surface area contributed by atoms with Gasteiger partial charge < -0.3 is 14.1 Å². The van der Waals surface area contributed by atoms with Crippen molar-refractivity contribution in [2.24, 2.45) is 5.92 Å². The van der Waals surface area contributed by atoms with Gasteiger partial charge in [0.2, 0.25) is 11.7 Å². The molecule has 0 atom stereocenters. The number of nitrogens with zero attached hydrogens (tertiary/aromatic N) is 2. The summed E-state index contributed by atoms with van der Waals surface area (Å²) in [6.07, 6.45) is 2.11. The van der Waals surface area contributed by atoms with Gasteiger partial charge in [-0.25, -0.2) is 9.37 Å². The molecule has 0 spiro atoms. The van der Waals surface area contributed by atoms with Crippen molar-refractivity contribution in [2.45, 2.75) is 26.9 Å². The molecule has 2 aromatic rings. The van der Waals surface area contributed by atoms with E-state index in [2.05, 4.69) is 18.8 Å². The molecule has 1 amide bonds. The maximum atomic E-state index is 13.5. The highest BCUT2D eigenvalue weighted by molar-refractivity contribution is 5.91. The first-order valence-corrected chi connectivity index (χ1v) is 7.65. The normalized spacial score (nSPS) is 10.9. The van der Waals surface area contributed by atoms with E-state index in [-0.39, 0.29) is 29.8 Å². The second-order valence-electron chi connectivity index (χ2n) is 5.88. The average Bonchev–Trinajstić information content (AvgIpc) is 3.02. The fraction of sp³-hybridized carbons (Fsp3) is 0.412. The summed E-state index contributed by atoms with van der Waals surface area (Å²) in [4.78, 5) is 17.8. The van der Waals surface area contributed by atoms with E-state index >= 15 is 0 Å². The van der Waals surface area contributed by atoms with Crippen LogP contribution in [-0.4, -0.2) is 29.4 Å². The van der Waals surface area contributed by atoms with E-state index in [1.165, 1.54) is 18.4 Å². The maximum Gasteiger partial charge on any atom is 0.275 e. The molecule has 0 aliphatic rings. The quantitative estimate of drug-likeness (QED) is 0.773. The van der Waals surface area contributed by atoms with E-state index < -0.39 is 11.6 Å². The first kappa shape index (κ1) is 17.9. The van der Waals surface area contributed by atoms with Gasteiger partial charge in [0.1, 0.15) is 6.26 Å². The zero-order valence-electron chi connectivity index (χ0n) is 13.9. The van der Waals surface area contributed by atoms with Gasteiger partial charge in [0.15, 0.2) is 23.9 Å². The number of aromatic nitrogens is 1. The summed E-state index contributed by atoms with van der Waals surface area (Å²) >= 11 is 0. The average molecular weight is 338 g/mol. The van der Waals surface area contributed by atoms with Crippen molar-refractivity contribution in [3.63, 3.8) is 0 Å². The second kappa shape index (κ2) is 7.90. The molecule has 7 heteroatoms. The number of halogens is 2. The number of rotatable bonds is 7. The Bertz CT molecular complexity index is 701. The minimum Gasteiger partial charge on any atom is -0.481 e. The van der Waals surface area contributed by atoms with Crippen LogP contribution in [-0.2, 0) is 6.61 Å². The summed E-state index contributed by atoms with van der Waals surface area (Å²) in [6, 6.07) is 3.63. The molecular weight excluding hydrogens is 318 g/mol. The van der Waals surface area contributed by atoms with Gasteiger partial charge in [-0.2, -0.15) is 4.39 Å². The zero-order valence-corrected chi connectivity index (χ0v) is 13.9. The number of amides is 1. The number of hydrogen-bond donors (Lipinski definition) is 0. The Kier molecular flexibility index (Phi) is 5.89. The minimum atomic E-state index is -1.08. The predicted molar refractivity (Wildman–Crippen MR) is 83.6 cm³/mol. The Labute approximate surface area is 139 Å². The number of oxazole rings is 1. The molecule has 130 valence electrons. The van der Waals surface area contributed by atoms with Crippen LogP contribution in [0.1, 0.15) is 36.6 Å². The summed E-state index contributed by atoms with van der Waals surface area (Å²) in [6.45, 7) is 4.57. The van der Waals surface area contributed by atoms with Crippen LogP contribution in [0.5, 0.6) is 5.75 Å². The van der Waals surface area contributed by atoms with Crippen molar-refractivity contribution < 1.29 is 22.7 Å². The van der Waals surface area contributed by atoms with Gasteiger partial charge in [-0.1, -0.05) is 19.9 Å². The van der Waals surface area contributed by atoms with Crippen molar-refractivity contribution >= 4 is 5.91 Å². The number of carbonyl (C=O) groups is 1. The van der Waals surface area contributed by atoms with Gasteiger partial charge in [-0.15, -0.1) is 0 Å². The highest BCUT2D eigenvalue weighted by Crippen LogP contribution is 2.20. The fourth-order valence-electron chi connectivity index (χ4n) is 1.96. The van der Waals surface area contributed by atoms with Gasteiger partial charge in [0.05, 0.1) is 0 Å². The van der Waals surface area contributed by atoms with Gasteiger partial charge >= 0.3 is 0 Å². The topological polar surface area (TPSA) is 55.6 Å². The van der Waals surface area contributed by atoms with E-state index in [1.54, 1.807) is 11.9 Å². The number of benzene rings is 1. The first-order valence-electron chi connectivity index (χ1n) is 7.65. The summed E-state index contributed by atoms with van der Waals surface area (Å²) in [5.74, 6) is -1.98. The largest absolute Gasteiger partial charge is 0.481 e. The van der Waals surface area contributed by atoms with Gasteiger partial charge in [-0.05, 0) is 24.5 Å². The number of hydrogen-bond acceptors (Lipinski definition) is 4. The van der Waals surface area contributed by atoms with Crippen LogP contribution in [0.2, 0.25) is 0 Å². The lowest BCUT2D eigenvalue weighted by Gasteiger charge is -2.16. The van der Waals surface area contributed by atoms with Crippen LogP contribution in [0.4, 0.5) is 8.78 Å². The molecule has 0 aliphatic heterocycles. The Hall–Kier alpha value is -2.44. The summed E-state index contributed by atoms with van der Waals surface area (Å²) in [5, 5.41) is 0. The van der Waals surface area contributed by atoms with Crippen LogP contribution in [0, 0.1) is 17.6 Å². The molecule has 2 rings (SSSR count). The third kappa shape index (κ3) is 4.53. The van der Waals surface area contributed by atoms with Crippen molar-refractivity contribution in [3.8, 4) is 5.75 Å². The van der Waals surface area contributed by atoms with Crippen molar-refractivity contribution in [3.05, 3.63) is 47.7 Å². The molecular formula is C17H20F2N2O3. The Balaban J connectivity index is 1.95. The van der Waals surface area contributed by atoms with E-state index in [9.17, 15) is 13.6 Å². The monoisotopic (exact) mass is 338 g/mol. The number of carbonyl (C=O) groups excluding carboxylic acids is 1. The highest BCUT2D eigenvalue weighted by atomic mass is 19.2. The molecule has 1 heterocycles. The minimum absolute atomic E-state index is 0.110. The van der Waals surface area contributed by atoms with Crippen molar-refractivity contribution in [1.82, 2.24) is 9.88 Å². The predicted octanol–water partition coefficient (Wildman–Crippen LogP) is 3.65. The summed E-state index contributed by atoms with van der Waals surface area (Å²) in [5.41, 5.74) is 0.152. The first-order chi connectivity index (χ1) is 11.4.